The van der Waals surface area contributed by atoms with Crippen molar-refractivity contribution in [3.05, 3.63) is 35.4 Å². The maximum Gasteiger partial charge on any atom is 0.305 e. The molecule has 0 radical (unpaired) electrons. The van der Waals surface area contributed by atoms with Gasteiger partial charge in [-0.1, -0.05) is 69.7 Å². The molecule has 4 atom stereocenters. The third kappa shape index (κ3) is 9.11. The van der Waals surface area contributed by atoms with E-state index >= 15 is 0 Å². The Labute approximate surface area is 193 Å². The molecule has 2 rings (SSSR count). The lowest BCUT2D eigenvalue weighted by Gasteiger charge is -2.24. The van der Waals surface area contributed by atoms with Crippen molar-refractivity contribution in [2.24, 2.45) is 5.92 Å². The van der Waals surface area contributed by atoms with Crippen molar-refractivity contribution in [3.8, 4) is 0 Å². The Balaban J connectivity index is 1.77. The number of unbranched alkanes of at least 4 members (excludes halogenated alkanes) is 6. The summed E-state index contributed by atoms with van der Waals surface area (Å²) in [6.45, 7) is 2.20. The lowest BCUT2D eigenvalue weighted by atomic mass is 9.84. The number of aliphatic hydroxyl groups excluding tert-OH is 2. The molecule has 31 heavy (non-hydrogen) atoms. The van der Waals surface area contributed by atoms with E-state index in [2.05, 4.69) is 31.2 Å². The van der Waals surface area contributed by atoms with E-state index in [1.807, 2.05) is 0 Å². The molecule has 1 fully saturated rings. The third-order valence-electron chi connectivity index (χ3n) is 6.51. The Morgan fingerprint density at radius 2 is 1.77 bits per heavy atom. The van der Waals surface area contributed by atoms with Crippen LogP contribution in [0.5, 0.6) is 0 Å². The summed E-state index contributed by atoms with van der Waals surface area (Å²) in [4.78, 5) is 11.5. The SMILES string of the molecule is CCCCCCc1ccc([C@@H]2[C@@H](CCCCCCC(=O)OCCO)[C@H](Cl)C[C@H]2O)cc1. The second-order valence-corrected chi connectivity index (χ2v) is 9.52. The third-order valence-corrected chi connectivity index (χ3v) is 7.02. The number of aryl methyl sites for hydroxylation is 1. The largest absolute Gasteiger partial charge is 0.463 e. The highest BCUT2D eigenvalue weighted by Crippen LogP contribution is 2.45. The number of aliphatic hydroxyl groups is 2. The predicted octanol–water partition coefficient (Wildman–Crippen LogP) is 5.76. The second-order valence-electron chi connectivity index (χ2n) is 8.96. The number of ether oxygens (including phenoxy) is 1. The van der Waals surface area contributed by atoms with Crippen LogP contribution in [0.15, 0.2) is 24.3 Å². The van der Waals surface area contributed by atoms with Crippen LogP contribution >= 0.6 is 11.6 Å². The van der Waals surface area contributed by atoms with Gasteiger partial charge >= 0.3 is 5.97 Å². The van der Waals surface area contributed by atoms with E-state index in [1.54, 1.807) is 0 Å². The van der Waals surface area contributed by atoms with Gasteiger partial charge in [0.15, 0.2) is 0 Å². The van der Waals surface area contributed by atoms with Crippen molar-refractivity contribution < 1.29 is 19.7 Å². The predicted molar refractivity (Wildman–Crippen MR) is 127 cm³/mol. The molecule has 0 aliphatic heterocycles. The van der Waals surface area contributed by atoms with Crippen molar-refractivity contribution in [3.63, 3.8) is 0 Å². The van der Waals surface area contributed by atoms with Gasteiger partial charge in [0.2, 0.25) is 0 Å². The molecule has 1 aromatic rings. The summed E-state index contributed by atoms with van der Waals surface area (Å²) in [7, 11) is 0. The molecule has 0 unspecified atom stereocenters. The number of carbonyl (C=O) groups is 1. The molecule has 0 saturated heterocycles. The van der Waals surface area contributed by atoms with E-state index in [1.165, 1.54) is 36.8 Å². The zero-order valence-electron chi connectivity index (χ0n) is 19.1. The fourth-order valence-corrected chi connectivity index (χ4v) is 5.25. The van der Waals surface area contributed by atoms with Crippen LogP contribution in [-0.2, 0) is 16.0 Å². The van der Waals surface area contributed by atoms with Crippen molar-refractivity contribution >= 4 is 17.6 Å². The monoisotopic (exact) mass is 452 g/mol. The molecule has 0 bridgehead atoms. The maximum atomic E-state index is 11.5. The summed E-state index contributed by atoms with van der Waals surface area (Å²) >= 11 is 6.64. The maximum absolute atomic E-state index is 11.5. The number of hydrogen-bond acceptors (Lipinski definition) is 4. The number of alkyl halides is 1. The summed E-state index contributed by atoms with van der Waals surface area (Å²) < 4.78 is 4.87. The molecule has 1 aliphatic carbocycles. The van der Waals surface area contributed by atoms with Crippen molar-refractivity contribution in [1.82, 2.24) is 0 Å². The molecule has 1 saturated carbocycles. The summed E-state index contributed by atoms with van der Waals surface area (Å²) in [6, 6.07) is 8.84. The summed E-state index contributed by atoms with van der Waals surface area (Å²) in [6.07, 6.45) is 11.8. The molecule has 4 nitrogen and oxygen atoms in total. The molecule has 0 spiro atoms. The Morgan fingerprint density at radius 3 is 2.48 bits per heavy atom. The molecule has 1 aliphatic rings. The average molecular weight is 453 g/mol. The van der Waals surface area contributed by atoms with Gasteiger partial charge in [-0.2, -0.15) is 0 Å². The molecular formula is C26H41ClO4. The normalized spacial score (nSPS) is 23.2. The number of hydrogen-bond donors (Lipinski definition) is 2. The Morgan fingerprint density at radius 1 is 1.06 bits per heavy atom. The zero-order chi connectivity index (χ0) is 22.5. The highest BCUT2D eigenvalue weighted by molar-refractivity contribution is 6.21. The van der Waals surface area contributed by atoms with Crippen molar-refractivity contribution in [2.75, 3.05) is 13.2 Å². The minimum absolute atomic E-state index is 0.0159. The summed E-state index contributed by atoms with van der Waals surface area (Å²) in [5, 5.41) is 19.4. The lowest BCUT2D eigenvalue weighted by Crippen LogP contribution is -2.19. The summed E-state index contributed by atoms with van der Waals surface area (Å²) in [5.74, 6) is 0.175. The zero-order valence-corrected chi connectivity index (χ0v) is 19.9. The molecular weight excluding hydrogens is 412 g/mol. The van der Waals surface area contributed by atoms with Gasteiger partial charge in [0.25, 0.3) is 0 Å². The molecule has 2 N–H and O–H groups in total. The molecule has 176 valence electrons. The van der Waals surface area contributed by atoms with Crippen LogP contribution in [0.3, 0.4) is 0 Å². The minimum atomic E-state index is -0.371. The quantitative estimate of drug-likeness (QED) is 0.202. The van der Waals surface area contributed by atoms with Gasteiger partial charge in [-0.05, 0) is 49.1 Å². The summed E-state index contributed by atoms with van der Waals surface area (Å²) in [5.41, 5.74) is 2.59. The van der Waals surface area contributed by atoms with Gasteiger partial charge in [0, 0.05) is 17.7 Å². The highest BCUT2D eigenvalue weighted by atomic mass is 35.5. The Kier molecular flexibility index (Phi) is 12.5. The average Bonchev–Trinajstić information content (AvgIpc) is 3.05. The van der Waals surface area contributed by atoms with Crippen LogP contribution in [0.4, 0.5) is 0 Å². The first-order valence-corrected chi connectivity index (χ1v) is 12.7. The van der Waals surface area contributed by atoms with Crippen molar-refractivity contribution in [2.45, 2.75) is 101 Å². The molecule has 1 aromatic carbocycles. The van der Waals surface area contributed by atoms with E-state index in [4.69, 9.17) is 21.4 Å². The number of halogens is 1. The molecule has 0 amide bonds. The van der Waals surface area contributed by atoms with Crippen LogP contribution < -0.4 is 0 Å². The van der Waals surface area contributed by atoms with E-state index in [0.29, 0.717) is 18.8 Å². The first-order chi connectivity index (χ1) is 15.1. The van der Waals surface area contributed by atoms with Gasteiger partial charge in [-0.3, -0.25) is 4.79 Å². The molecule has 0 aromatic heterocycles. The Hall–Kier alpha value is -1.10. The van der Waals surface area contributed by atoms with Crippen molar-refractivity contribution in [1.29, 1.82) is 0 Å². The number of benzene rings is 1. The fraction of sp³-hybridized carbons (Fsp3) is 0.731. The smallest absolute Gasteiger partial charge is 0.305 e. The van der Waals surface area contributed by atoms with Gasteiger partial charge in [-0.15, -0.1) is 11.6 Å². The first kappa shape index (κ1) is 26.2. The minimum Gasteiger partial charge on any atom is -0.463 e. The number of carbonyl (C=O) groups excluding carboxylic acids is 1. The molecule has 5 heteroatoms. The number of esters is 1. The Bertz CT molecular complexity index is 618. The standard InChI is InChI=1S/C26H41ClO4/c1-2-3-4-7-10-20-13-15-21(16-14-20)26-22(23(27)19-24(26)29)11-8-5-6-9-12-25(30)31-18-17-28/h13-16,22-24,26,28-29H,2-12,17-19H2,1H3/t22-,23+,24+,26+/m0/s1. The van der Waals surface area contributed by atoms with Crippen LogP contribution in [0, 0.1) is 5.92 Å². The van der Waals surface area contributed by atoms with Gasteiger partial charge in [-0.25, -0.2) is 0 Å². The highest BCUT2D eigenvalue weighted by Gasteiger charge is 2.41. The van der Waals surface area contributed by atoms with Crippen LogP contribution in [0.2, 0.25) is 0 Å². The van der Waals surface area contributed by atoms with Crippen LogP contribution in [-0.4, -0.2) is 40.9 Å². The second kappa shape index (κ2) is 14.9. The lowest BCUT2D eigenvalue weighted by molar-refractivity contribution is -0.144. The molecule has 0 heterocycles. The first-order valence-electron chi connectivity index (χ1n) is 12.2. The van der Waals surface area contributed by atoms with E-state index in [9.17, 15) is 9.90 Å². The van der Waals surface area contributed by atoms with E-state index in [-0.39, 0.29) is 36.6 Å². The van der Waals surface area contributed by atoms with E-state index in [0.717, 1.165) is 38.5 Å². The van der Waals surface area contributed by atoms with Gasteiger partial charge < -0.3 is 14.9 Å². The number of rotatable bonds is 15. The van der Waals surface area contributed by atoms with E-state index < -0.39 is 0 Å². The van der Waals surface area contributed by atoms with Crippen LogP contribution in [0.1, 0.15) is 94.6 Å². The fourth-order valence-electron chi connectivity index (χ4n) is 4.79. The van der Waals surface area contributed by atoms with Gasteiger partial charge in [0.1, 0.15) is 6.61 Å². The topological polar surface area (TPSA) is 66.8 Å². The van der Waals surface area contributed by atoms with Gasteiger partial charge in [0.05, 0.1) is 12.7 Å². The van der Waals surface area contributed by atoms with Crippen LogP contribution in [0.25, 0.3) is 0 Å².